The second-order valence-corrected chi connectivity index (χ2v) is 11.0. The minimum absolute atomic E-state index is 0. The molecule has 1 heterocycles. The molecule has 3 nitrogen and oxygen atoms in total. The van der Waals surface area contributed by atoms with Crippen molar-refractivity contribution in [1.29, 1.82) is 0 Å². The van der Waals surface area contributed by atoms with Crippen molar-refractivity contribution in [3.63, 3.8) is 0 Å². The molecule has 2 N–H and O–H groups in total. The van der Waals surface area contributed by atoms with Crippen LogP contribution in [-0.4, -0.2) is 29.9 Å². The Hall–Kier alpha value is -0.280. The number of nitrogens with two attached hydrogens (primary N) is 1. The third kappa shape index (κ3) is 2.70. The second-order valence-electron chi connectivity index (χ2n) is 11.0. The molecule has 24 heavy (non-hydrogen) atoms. The standard InChI is InChI=1S/C20H34N2O.ClH/c1-17(2)13-22(6-5-15(17)21)16(23)20-9-14-7-18(3,11-20)10-19(4,8-14)12-20;/h14-15H,5-13,21H2,1-4H3;1H. The highest BCUT2D eigenvalue weighted by Gasteiger charge is 2.63. The molecule has 138 valence electrons. The minimum atomic E-state index is -0.0551. The van der Waals surface area contributed by atoms with Crippen molar-refractivity contribution in [3.8, 4) is 0 Å². The number of likely N-dealkylation sites (tertiary alicyclic amines) is 1. The van der Waals surface area contributed by atoms with Gasteiger partial charge in [-0.3, -0.25) is 4.79 Å². The van der Waals surface area contributed by atoms with E-state index < -0.39 is 0 Å². The number of carbonyl (C=O) groups excluding carboxylic acids is 1. The number of hydrogen-bond acceptors (Lipinski definition) is 2. The van der Waals surface area contributed by atoms with Gasteiger partial charge in [0.15, 0.2) is 0 Å². The van der Waals surface area contributed by atoms with E-state index in [1.165, 1.54) is 19.3 Å². The highest BCUT2D eigenvalue weighted by Crippen LogP contribution is 2.70. The van der Waals surface area contributed by atoms with Crippen LogP contribution in [0.4, 0.5) is 0 Å². The fourth-order valence-corrected chi connectivity index (χ4v) is 7.57. The molecule has 5 rings (SSSR count). The highest BCUT2D eigenvalue weighted by atomic mass is 35.5. The summed E-state index contributed by atoms with van der Waals surface area (Å²) in [7, 11) is 0. The van der Waals surface area contributed by atoms with Crippen LogP contribution in [0.25, 0.3) is 0 Å². The van der Waals surface area contributed by atoms with Crippen LogP contribution in [0.15, 0.2) is 0 Å². The summed E-state index contributed by atoms with van der Waals surface area (Å²) in [5.41, 5.74) is 7.09. The number of rotatable bonds is 1. The molecule has 4 saturated carbocycles. The molecule has 0 radical (unpaired) electrons. The summed E-state index contributed by atoms with van der Waals surface area (Å²) < 4.78 is 0. The summed E-state index contributed by atoms with van der Waals surface area (Å²) in [6.45, 7) is 11.1. The quantitative estimate of drug-likeness (QED) is 0.773. The van der Waals surface area contributed by atoms with E-state index in [1.54, 1.807) is 0 Å². The van der Waals surface area contributed by atoms with Gasteiger partial charge >= 0.3 is 0 Å². The van der Waals surface area contributed by atoms with Crippen molar-refractivity contribution in [1.82, 2.24) is 4.90 Å². The van der Waals surface area contributed by atoms with Crippen LogP contribution in [0.2, 0.25) is 0 Å². The molecule has 4 heteroatoms. The van der Waals surface area contributed by atoms with Crippen LogP contribution in [-0.2, 0) is 4.79 Å². The van der Waals surface area contributed by atoms with Crippen LogP contribution < -0.4 is 5.73 Å². The Bertz CT molecular complexity index is 528. The Labute approximate surface area is 153 Å². The summed E-state index contributed by atoms with van der Waals surface area (Å²) in [6, 6.07) is 0.220. The number of carbonyl (C=O) groups is 1. The fraction of sp³-hybridized carbons (Fsp3) is 0.950. The van der Waals surface area contributed by atoms with Crippen LogP contribution >= 0.6 is 12.4 Å². The first-order valence-corrected chi connectivity index (χ1v) is 9.60. The summed E-state index contributed by atoms with van der Waals surface area (Å²) in [6.07, 6.45) is 8.42. The number of piperidine rings is 1. The summed E-state index contributed by atoms with van der Waals surface area (Å²) in [4.78, 5) is 15.8. The molecule has 1 amide bonds. The average Bonchev–Trinajstić information content (AvgIpc) is 2.37. The van der Waals surface area contributed by atoms with Gasteiger partial charge in [0.1, 0.15) is 0 Å². The van der Waals surface area contributed by atoms with E-state index in [0.29, 0.717) is 16.7 Å². The third-order valence-electron chi connectivity index (χ3n) is 7.68. The van der Waals surface area contributed by atoms with E-state index in [-0.39, 0.29) is 29.3 Å². The Morgan fingerprint density at radius 3 is 2.08 bits per heavy atom. The maximum Gasteiger partial charge on any atom is 0.228 e. The molecule has 0 aromatic rings. The zero-order chi connectivity index (χ0) is 16.7. The van der Waals surface area contributed by atoms with E-state index in [9.17, 15) is 4.79 Å². The predicted molar refractivity (Wildman–Crippen MR) is 100 cm³/mol. The maximum atomic E-state index is 13.6. The van der Waals surface area contributed by atoms with Gasteiger partial charge in [-0.15, -0.1) is 12.4 Å². The SMILES string of the molecule is CC12CC3CC(C)(C1)CC(C(=O)N1CCC(N)C(C)(C)C1)(C3)C2.Cl. The van der Waals surface area contributed by atoms with Crippen molar-refractivity contribution in [2.75, 3.05) is 13.1 Å². The van der Waals surface area contributed by atoms with Crippen molar-refractivity contribution in [3.05, 3.63) is 0 Å². The van der Waals surface area contributed by atoms with Gasteiger partial charge in [-0.2, -0.15) is 0 Å². The number of hydrogen-bond donors (Lipinski definition) is 1. The first kappa shape index (κ1) is 18.5. The van der Waals surface area contributed by atoms with Gasteiger partial charge in [0.05, 0.1) is 5.41 Å². The molecule has 5 fully saturated rings. The fourth-order valence-electron chi connectivity index (χ4n) is 7.57. The Kier molecular flexibility index (Phi) is 4.13. The molecule has 5 aliphatic rings. The number of nitrogens with zero attached hydrogens (tertiary/aromatic N) is 1. The van der Waals surface area contributed by atoms with E-state index in [4.69, 9.17) is 5.73 Å². The zero-order valence-electron chi connectivity index (χ0n) is 15.9. The van der Waals surface area contributed by atoms with E-state index in [0.717, 1.165) is 44.7 Å². The third-order valence-corrected chi connectivity index (χ3v) is 7.68. The molecule has 0 spiro atoms. The molecule has 1 aliphatic heterocycles. The van der Waals surface area contributed by atoms with Crippen LogP contribution in [0, 0.1) is 27.6 Å². The first-order valence-electron chi connectivity index (χ1n) is 9.60. The van der Waals surface area contributed by atoms with Gasteiger partial charge in [-0.05, 0) is 67.1 Å². The van der Waals surface area contributed by atoms with Gasteiger partial charge in [0.25, 0.3) is 0 Å². The zero-order valence-corrected chi connectivity index (χ0v) is 16.7. The van der Waals surface area contributed by atoms with Crippen molar-refractivity contribution < 1.29 is 4.79 Å². The summed E-state index contributed by atoms with van der Waals surface area (Å²) >= 11 is 0. The minimum Gasteiger partial charge on any atom is -0.342 e. The van der Waals surface area contributed by atoms with Gasteiger partial charge < -0.3 is 10.6 Å². The van der Waals surface area contributed by atoms with Crippen LogP contribution in [0.5, 0.6) is 0 Å². The molecular weight excluding hydrogens is 320 g/mol. The lowest BCUT2D eigenvalue weighted by Gasteiger charge is -2.65. The number of halogens is 1. The van der Waals surface area contributed by atoms with Crippen molar-refractivity contribution in [2.45, 2.75) is 78.7 Å². The molecule has 0 aromatic heterocycles. The van der Waals surface area contributed by atoms with E-state index in [1.807, 2.05) is 0 Å². The Morgan fingerprint density at radius 1 is 1.00 bits per heavy atom. The van der Waals surface area contributed by atoms with Crippen LogP contribution in [0.3, 0.4) is 0 Å². The van der Waals surface area contributed by atoms with Crippen molar-refractivity contribution in [2.24, 2.45) is 33.3 Å². The van der Waals surface area contributed by atoms with E-state index in [2.05, 4.69) is 32.6 Å². The maximum absolute atomic E-state index is 13.6. The Morgan fingerprint density at radius 2 is 1.58 bits per heavy atom. The van der Waals surface area contributed by atoms with Crippen molar-refractivity contribution >= 4 is 18.3 Å². The molecular formula is C20H35ClN2O. The second kappa shape index (κ2) is 5.36. The molecule has 4 aliphatic carbocycles. The summed E-state index contributed by atoms with van der Waals surface area (Å²) in [5.74, 6) is 1.25. The predicted octanol–water partition coefficient (Wildman–Crippen LogP) is 3.99. The lowest BCUT2D eigenvalue weighted by atomic mass is 9.40. The summed E-state index contributed by atoms with van der Waals surface area (Å²) in [5, 5.41) is 0. The normalized spacial score (nSPS) is 49.0. The van der Waals surface area contributed by atoms with Gasteiger partial charge in [0, 0.05) is 19.1 Å². The van der Waals surface area contributed by atoms with Gasteiger partial charge in [-0.25, -0.2) is 0 Å². The largest absolute Gasteiger partial charge is 0.342 e. The molecule has 3 atom stereocenters. The average molecular weight is 355 g/mol. The monoisotopic (exact) mass is 354 g/mol. The van der Waals surface area contributed by atoms with E-state index >= 15 is 0 Å². The number of amides is 1. The van der Waals surface area contributed by atoms with Gasteiger partial charge in [0.2, 0.25) is 5.91 Å². The molecule has 1 saturated heterocycles. The molecule has 0 aromatic carbocycles. The molecule has 3 unspecified atom stereocenters. The highest BCUT2D eigenvalue weighted by molar-refractivity contribution is 5.85. The smallest absolute Gasteiger partial charge is 0.228 e. The Balaban J connectivity index is 0.00000169. The lowest BCUT2D eigenvalue weighted by molar-refractivity contribution is -0.182. The topological polar surface area (TPSA) is 46.3 Å². The van der Waals surface area contributed by atoms with Gasteiger partial charge in [-0.1, -0.05) is 27.7 Å². The lowest BCUT2D eigenvalue weighted by Crippen LogP contribution is -2.63. The first-order chi connectivity index (χ1) is 10.6. The van der Waals surface area contributed by atoms with Crippen LogP contribution in [0.1, 0.15) is 72.6 Å². The molecule has 4 bridgehead atoms.